The molecule has 0 aromatic carbocycles. The maximum Gasteiger partial charge on any atom is 0.165 e. The van der Waals surface area contributed by atoms with Crippen LogP contribution in [0.4, 0.5) is 0 Å². The SMILES string of the molecule is C1COC(COC2NC(C3CCNN3)CC(N3CCOCC3)N2)C1. The van der Waals surface area contributed by atoms with E-state index in [0.29, 0.717) is 24.9 Å². The van der Waals surface area contributed by atoms with Crippen LogP contribution in [-0.4, -0.2) is 81.7 Å². The number of nitrogens with zero attached hydrogens (tertiary/aromatic N) is 1. The zero-order valence-corrected chi connectivity index (χ0v) is 14.3. The highest BCUT2D eigenvalue weighted by molar-refractivity contribution is 4.93. The molecule has 4 saturated heterocycles. The van der Waals surface area contributed by atoms with Gasteiger partial charge in [-0.05, 0) is 25.7 Å². The third-order valence-electron chi connectivity index (χ3n) is 5.50. The van der Waals surface area contributed by atoms with E-state index >= 15 is 0 Å². The number of ether oxygens (including phenoxy) is 3. The Morgan fingerprint density at radius 1 is 1.04 bits per heavy atom. The normalized spacial score (nSPS) is 41.8. The predicted octanol–water partition coefficient (Wildman–Crippen LogP) is -1.06. The van der Waals surface area contributed by atoms with Gasteiger partial charge >= 0.3 is 0 Å². The second kappa shape index (κ2) is 8.37. The summed E-state index contributed by atoms with van der Waals surface area (Å²) in [6, 6.07) is 0.841. The largest absolute Gasteiger partial charge is 0.379 e. The minimum absolute atomic E-state index is 0.122. The second-order valence-corrected chi connectivity index (χ2v) is 7.15. The van der Waals surface area contributed by atoms with Gasteiger partial charge < -0.3 is 14.2 Å². The van der Waals surface area contributed by atoms with E-state index in [1.165, 1.54) is 0 Å². The molecule has 0 radical (unpaired) electrons. The van der Waals surface area contributed by atoms with Gasteiger partial charge in [0.2, 0.25) is 0 Å². The lowest BCUT2D eigenvalue weighted by Gasteiger charge is -2.45. The lowest BCUT2D eigenvalue weighted by atomic mass is 9.99. The molecule has 0 aromatic rings. The van der Waals surface area contributed by atoms with Gasteiger partial charge in [-0.3, -0.25) is 26.4 Å². The van der Waals surface area contributed by atoms with Crippen molar-refractivity contribution in [2.24, 2.45) is 0 Å². The van der Waals surface area contributed by atoms with E-state index in [-0.39, 0.29) is 12.5 Å². The molecule has 0 saturated carbocycles. The molecule has 0 amide bonds. The molecule has 4 fully saturated rings. The minimum Gasteiger partial charge on any atom is -0.379 e. The molecule has 4 aliphatic heterocycles. The molecule has 24 heavy (non-hydrogen) atoms. The van der Waals surface area contributed by atoms with Crippen LogP contribution < -0.4 is 21.5 Å². The molecular weight excluding hydrogens is 310 g/mol. The standard InChI is InChI=1S/C16H31N5O3/c1-2-12(23-7-1)11-24-16-18-14(13-3-4-17-20-13)10-15(19-16)21-5-8-22-9-6-21/h12-20H,1-11H2. The van der Waals surface area contributed by atoms with Gasteiger partial charge in [0, 0.05) is 38.3 Å². The molecule has 4 aliphatic rings. The quantitative estimate of drug-likeness (QED) is 0.504. The maximum absolute atomic E-state index is 6.12. The molecule has 5 atom stereocenters. The zero-order valence-electron chi connectivity index (χ0n) is 14.3. The Morgan fingerprint density at radius 3 is 2.71 bits per heavy atom. The molecule has 0 bridgehead atoms. The first kappa shape index (κ1) is 17.1. The van der Waals surface area contributed by atoms with Crippen LogP contribution in [0.2, 0.25) is 0 Å². The highest BCUT2D eigenvalue weighted by atomic mass is 16.6. The van der Waals surface area contributed by atoms with Crippen molar-refractivity contribution in [3.63, 3.8) is 0 Å². The first-order chi connectivity index (χ1) is 11.9. The fourth-order valence-corrected chi connectivity index (χ4v) is 4.10. The number of hydrazine groups is 1. The molecule has 138 valence electrons. The summed E-state index contributed by atoms with van der Waals surface area (Å²) in [6.45, 7) is 6.17. The van der Waals surface area contributed by atoms with E-state index in [0.717, 1.165) is 65.1 Å². The molecule has 4 rings (SSSR count). The van der Waals surface area contributed by atoms with E-state index in [9.17, 15) is 0 Å². The van der Waals surface area contributed by atoms with Gasteiger partial charge in [0.05, 0.1) is 32.1 Å². The van der Waals surface area contributed by atoms with Crippen molar-refractivity contribution in [3.8, 4) is 0 Å². The van der Waals surface area contributed by atoms with Gasteiger partial charge in [-0.2, -0.15) is 0 Å². The number of hydrogen-bond donors (Lipinski definition) is 4. The average molecular weight is 341 g/mol. The van der Waals surface area contributed by atoms with Crippen LogP contribution in [-0.2, 0) is 14.2 Å². The first-order valence-electron chi connectivity index (χ1n) is 9.44. The number of rotatable bonds is 5. The third kappa shape index (κ3) is 4.25. The average Bonchev–Trinajstić information content (AvgIpc) is 3.34. The summed E-state index contributed by atoms with van der Waals surface area (Å²) in [4.78, 5) is 2.49. The predicted molar refractivity (Wildman–Crippen MR) is 89.1 cm³/mol. The Labute approximate surface area is 143 Å². The lowest BCUT2D eigenvalue weighted by Crippen LogP contribution is -2.68. The van der Waals surface area contributed by atoms with Crippen LogP contribution in [0.5, 0.6) is 0 Å². The van der Waals surface area contributed by atoms with Crippen LogP contribution in [0.25, 0.3) is 0 Å². The Bertz CT molecular complexity index is 384. The summed E-state index contributed by atoms with van der Waals surface area (Å²) >= 11 is 0. The molecule has 4 N–H and O–H groups in total. The van der Waals surface area contributed by atoms with Crippen LogP contribution in [0, 0.1) is 0 Å². The van der Waals surface area contributed by atoms with E-state index in [2.05, 4.69) is 26.4 Å². The van der Waals surface area contributed by atoms with E-state index < -0.39 is 0 Å². The summed E-state index contributed by atoms with van der Waals surface area (Å²) in [5.74, 6) is 0. The Balaban J connectivity index is 1.35. The maximum atomic E-state index is 6.12. The minimum atomic E-state index is -0.122. The highest BCUT2D eigenvalue weighted by Crippen LogP contribution is 2.19. The zero-order chi connectivity index (χ0) is 16.2. The fourth-order valence-electron chi connectivity index (χ4n) is 4.10. The van der Waals surface area contributed by atoms with Crippen molar-refractivity contribution in [1.82, 2.24) is 26.4 Å². The van der Waals surface area contributed by atoms with Crippen molar-refractivity contribution in [3.05, 3.63) is 0 Å². The molecule has 0 aliphatic carbocycles. The monoisotopic (exact) mass is 341 g/mol. The van der Waals surface area contributed by atoms with Gasteiger partial charge in [0.15, 0.2) is 6.35 Å². The van der Waals surface area contributed by atoms with Crippen molar-refractivity contribution in [1.29, 1.82) is 0 Å². The van der Waals surface area contributed by atoms with Crippen LogP contribution in [0.1, 0.15) is 25.7 Å². The van der Waals surface area contributed by atoms with Crippen molar-refractivity contribution < 1.29 is 14.2 Å². The van der Waals surface area contributed by atoms with E-state index in [1.807, 2.05) is 0 Å². The van der Waals surface area contributed by atoms with Gasteiger partial charge in [0.25, 0.3) is 0 Å². The molecule has 4 heterocycles. The summed E-state index contributed by atoms with van der Waals surface area (Å²) in [5, 5.41) is 7.27. The summed E-state index contributed by atoms with van der Waals surface area (Å²) < 4.78 is 17.3. The molecule has 5 unspecified atom stereocenters. The molecule has 0 spiro atoms. The third-order valence-corrected chi connectivity index (χ3v) is 5.50. The Hall–Kier alpha value is -0.320. The second-order valence-electron chi connectivity index (χ2n) is 7.15. The van der Waals surface area contributed by atoms with Crippen molar-refractivity contribution >= 4 is 0 Å². The van der Waals surface area contributed by atoms with Crippen LogP contribution in [0.15, 0.2) is 0 Å². The highest BCUT2D eigenvalue weighted by Gasteiger charge is 2.37. The Morgan fingerprint density at radius 2 is 1.96 bits per heavy atom. The Kier molecular flexibility index (Phi) is 5.97. The number of morpholine rings is 1. The fraction of sp³-hybridized carbons (Fsp3) is 1.00. The topological polar surface area (TPSA) is 79.1 Å². The number of hydrogen-bond acceptors (Lipinski definition) is 8. The van der Waals surface area contributed by atoms with Gasteiger partial charge in [-0.15, -0.1) is 0 Å². The van der Waals surface area contributed by atoms with E-state index in [1.54, 1.807) is 0 Å². The van der Waals surface area contributed by atoms with Gasteiger partial charge in [-0.25, -0.2) is 0 Å². The molecule has 8 heteroatoms. The van der Waals surface area contributed by atoms with E-state index in [4.69, 9.17) is 14.2 Å². The molecule has 0 aromatic heterocycles. The summed E-state index contributed by atoms with van der Waals surface area (Å²) in [7, 11) is 0. The first-order valence-corrected chi connectivity index (χ1v) is 9.44. The van der Waals surface area contributed by atoms with Gasteiger partial charge in [-0.1, -0.05) is 0 Å². The summed E-state index contributed by atoms with van der Waals surface area (Å²) in [6.07, 6.45) is 4.93. The molecule has 8 nitrogen and oxygen atoms in total. The van der Waals surface area contributed by atoms with Crippen molar-refractivity contribution in [2.75, 3.05) is 46.1 Å². The van der Waals surface area contributed by atoms with Crippen LogP contribution in [0.3, 0.4) is 0 Å². The number of nitrogens with one attached hydrogen (secondary N) is 4. The van der Waals surface area contributed by atoms with Crippen LogP contribution >= 0.6 is 0 Å². The van der Waals surface area contributed by atoms with Crippen molar-refractivity contribution in [2.45, 2.75) is 56.4 Å². The van der Waals surface area contributed by atoms with Gasteiger partial charge in [0.1, 0.15) is 0 Å². The summed E-state index contributed by atoms with van der Waals surface area (Å²) in [5.41, 5.74) is 6.65. The lowest BCUT2D eigenvalue weighted by molar-refractivity contribution is -0.0962. The smallest absolute Gasteiger partial charge is 0.165 e. The molecular formula is C16H31N5O3.